The van der Waals surface area contributed by atoms with Gasteiger partial charge in [-0.25, -0.2) is 18.3 Å². The van der Waals surface area contributed by atoms with E-state index in [2.05, 4.69) is 9.62 Å². The zero-order valence-corrected chi connectivity index (χ0v) is 18.5. The maximum absolute atomic E-state index is 12.4. The summed E-state index contributed by atoms with van der Waals surface area (Å²) in [6, 6.07) is 9.31. The quantitative estimate of drug-likeness (QED) is 0.423. The second-order valence-corrected chi connectivity index (χ2v) is 9.14. The lowest BCUT2D eigenvalue weighted by molar-refractivity contribution is -0.729. The number of ether oxygens (including phenoxy) is 2. The Morgan fingerprint density at radius 1 is 1.10 bits per heavy atom. The number of hydrogen-bond acceptors (Lipinski definition) is 6. The largest absolute Gasteiger partial charge is 0.493 e. The number of unbranched alkanes of at least 4 members (excludes halogenated alkanes) is 1. The van der Waals surface area contributed by atoms with Crippen molar-refractivity contribution in [3.05, 3.63) is 52.4 Å². The molecule has 10 heteroatoms. The zero-order chi connectivity index (χ0) is 22.4. The number of nitrogens with one attached hydrogen (secondary N) is 1. The van der Waals surface area contributed by atoms with Crippen LogP contribution in [0.3, 0.4) is 0 Å². The van der Waals surface area contributed by atoms with Crippen molar-refractivity contribution in [3.8, 4) is 11.5 Å². The summed E-state index contributed by atoms with van der Waals surface area (Å²) in [5, 5.41) is 8.95. The van der Waals surface area contributed by atoms with Crippen LogP contribution in [-0.4, -0.2) is 57.3 Å². The van der Waals surface area contributed by atoms with Gasteiger partial charge in [0, 0.05) is 31.8 Å². The molecular weight excluding hydrogens is 422 g/mol. The van der Waals surface area contributed by atoms with Crippen molar-refractivity contribution < 1.29 is 28.0 Å². The summed E-state index contributed by atoms with van der Waals surface area (Å²) >= 11 is 0. The van der Waals surface area contributed by atoms with Gasteiger partial charge in [-0.15, -0.1) is 0 Å². The molecule has 31 heavy (non-hydrogen) atoms. The van der Waals surface area contributed by atoms with E-state index in [1.165, 1.54) is 29.3 Å². The molecule has 0 spiro atoms. The third kappa shape index (κ3) is 5.72. The van der Waals surface area contributed by atoms with E-state index >= 15 is 0 Å². The normalized spacial score (nSPS) is 14.1. The minimum Gasteiger partial charge on any atom is -0.493 e. The van der Waals surface area contributed by atoms with Gasteiger partial charge in [-0.05, 0) is 55.1 Å². The monoisotopic (exact) mass is 450 g/mol. The van der Waals surface area contributed by atoms with Crippen molar-refractivity contribution in [1.29, 1.82) is 0 Å². The number of sulfonamides is 1. The second-order valence-electron chi connectivity index (χ2n) is 7.38. The number of nitrogens with zero attached hydrogens (tertiary/aromatic N) is 2. The van der Waals surface area contributed by atoms with Gasteiger partial charge in [0.05, 0.1) is 24.0 Å². The Bertz CT molecular complexity index is 1040. The van der Waals surface area contributed by atoms with Crippen molar-refractivity contribution in [2.45, 2.75) is 30.7 Å². The van der Waals surface area contributed by atoms with Crippen LogP contribution < -0.4 is 14.2 Å². The first-order valence-corrected chi connectivity index (χ1v) is 11.5. The summed E-state index contributed by atoms with van der Waals surface area (Å²) < 4.78 is 38.1. The Hall–Kier alpha value is -2.69. The van der Waals surface area contributed by atoms with Gasteiger partial charge in [0.15, 0.2) is 11.5 Å². The fourth-order valence-electron chi connectivity index (χ4n) is 3.65. The molecule has 0 saturated heterocycles. The van der Waals surface area contributed by atoms with Crippen LogP contribution in [0.1, 0.15) is 24.0 Å². The molecule has 1 aliphatic heterocycles. The third-order valence-electron chi connectivity index (χ3n) is 5.34. The summed E-state index contributed by atoms with van der Waals surface area (Å²) in [4.78, 5) is 12.9. The lowest BCUT2D eigenvalue weighted by Gasteiger charge is -2.29. The molecule has 0 bridgehead atoms. The Morgan fingerprint density at radius 3 is 2.48 bits per heavy atom. The van der Waals surface area contributed by atoms with Gasteiger partial charge >= 0.3 is 5.69 Å². The Labute approximate surface area is 182 Å². The van der Waals surface area contributed by atoms with E-state index in [9.17, 15) is 13.3 Å². The van der Waals surface area contributed by atoms with Crippen LogP contribution in [0.15, 0.2) is 41.3 Å². The highest BCUT2D eigenvalue weighted by atomic mass is 32.2. The van der Waals surface area contributed by atoms with Crippen molar-refractivity contribution in [2.24, 2.45) is 0 Å². The lowest BCUT2D eigenvalue weighted by Crippen LogP contribution is -2.32. The zero-order valence-electron chi connectivity index (χ0n) is 17.7. The standard InChI is InChI=1S/C21H28N3O6S/c1-29-20-12-16-8-11-23(15-17(16)13-21(20)30-2)10-4-3-9-22-31(27,28)19-7-5-6-18(14-19)24(25)26/h5-7,12-14,22H,3-4,8-11,15H2,1-2H3,(H,25,26)/q+1. The summed E-state index contributed by atoms with van der Waals surface area (Å²) in [6.45, 7) is 2.91. The van der Waals surface area contributed by atoms with Gasteiger partial charge in [-0.1, -0.05) is 6.07 Å². The molecule has 0 aromatic heterocycles. The Balaban J connectivity index is 1.47. The van der Waals surface area contributed by atoms with E-state index in [0.717, 1.165) is 50.0 Å². The van der Waals surface area contributed by atoms with Crippen LogP contribution in [0.5, 0.6) is 11.5 Å². The third-order valence-corrected chi connectivity index (χ3v) is 6.80. The summed E-state index contributed by atoms with van der Waals surface area (Å²) in [6.07, 6.45) is 2.46. The molecule has 0 unspecified atom stereocenters. The number of rotatable bonds is 10. The first-order chi connectivity index (χ1) is 14.8. The molecule has 0 aliphatic carbocycles. The number of methoxy groups -OCH3 is 2. The molecule has 1 heterocycles. The van der Waals surface area contributed by atoms with Crippen molar-refractivity contribution in [3.63, 3.8) is 0 Å². The minimum absolute atomic E-state index is 0.0584. The van der Waals surface area contributed by atoms with E-state index in [0.29, 0.717) is 13.0 Å². The van der Waals surface area contributed by atoms with Crippen LogP contribution in [-0.2, 0) is 23.0 Å². The van der Waals surface area contributed by atoms with Gasteiger partial charge in [0.2, 0.25) is 10.0 Å². The van der Waals surface area contributed by atoms with E-state index in [-0.39, 0.29) is 15.5 Å². The molecule has 1 aliphatic rings. The van der Waals surface area contributed by atoms with Gasteiger partial charge in [-0.2, -0.15) is 0 Å². The summed E-state index contributed by atoms with van der Waals surface area (Å²) in [5.74, 6) is 1.47. The molecule has 0 atom stereocenters. The topological polar surface area (TPSA) is 108 Å². The van der Waals surface area contributed by atoms with E-state index in [1.54, 1.807) is 14.2 Å². The number of fused-ring (bicyclic) bond motifs is 1. The average Bonchev–Trinajstić information content (AvgIpc) is 2.77. The second kappa shape index (κ2) is 10.1. The highest BCUT2D eigenvalue weighted by molar-refractivity contribution is 7.89. The number of benzene rings is 2. The van der Waals surface area contributed by atoms with Crippen molar-refractivity contribution in [1.82, 2.24) is 9.62 Å². The van der Waals surface area contributed by atoms with Crippen molar-refractivity contribution >= 4 is 15.7 Å². The minimum atomic E-state index is -3.74. The highest BCUT2D eigenvalue weighted by Crippen LogP contribution is 2.33. The van der Waals surface area contributed by atoms with Crippen LogP contribution >= 0.6 is 0 Å². The van der Waals surface area contributed by atoms with E-state index in [1.807, 2.05) is 12.1 Å². The summed E-state index contributed by atoms with van der Waals surface area (Å²) in [5.41, 5.74) is 2.35. The molecule has 9 nitrogen and oxygen atoms in total. The molecule has 0 amide bonds. The fraction of sp³-hybridized carbons (Fsp3) is 0.429. The maximum atomic E-state index is 12.4. The molecule has 0 fully saturated rings. The predicted octanol–water partition coefficient (Wildman–Crippen LogP) is 2.62. The average molecular weight is 451 g/mol. The first-order valence-electron chi connectivity index (χ1n) is 10.1. The maximum Gasteiger partial charge on any atom is 0.317 e. The van der Waals surface area contributed by atoms with Gasteiger partial charge in [0.1, 0.15) is 0 Å². The van der Waals surface area contributed by atoms with Crippen LogP contribution in [0.2, 0.25) is 0 Å². The Kier molecular flexibility index (Phi) is 7.47. The van der Waals surface area contributed by atoms with E-state index < -0.39 is 10.0 Å². The SMILES string of the molecule is COc1cc2c(cc1OC)CN(CCCCNS(=O)(=O)c1cccc([N+](=O)O)c1)CC2. The first kappa shape index (κ1) is 23.0. The van der Waals surface area contributed by atoms with Crippen LogP contribution in [0.25, 0.3) is 0 Å². The molecule has 0 radical (unpaired) electrons. The Morgan fingerprint density at radius 2 is 1.81 bits per heavy atom. The van der Waals surface area contributed by atoms with Crippen molar-refractivity contribution in [2.75, 3.05) is 33.9 Å². The predicted molar refractivity (Wildman–Crippen MR) is 114 cm³/mol. The molecule has 0 saturated carbocycles. The van der Waals surface area contributed by atoms with Crippen LogP contribution in [0, 0.1) is 4.91 Å². The van der Waals surface area contributed by atoms with E-state index in [4.69, 9.17) is 14.7 Å². The smallest absolute Gasteiger partial charge is 0.317 e. The van der Waals surface area contributed by atoms with Gasteiger partial charge < -0.3 is 9.47 Å². The highest BCUT2D eigenvalue weighted by Gasteiger charge is 2.21. The number of hydrogen-bond donors (Lipinski definition) is 2. The van der Waals surface area contributed by atoms with Gasteiger partial charge in [-0.3, -0.25) is 4.90 Å². The molecular formula is C21H28N3O6S+. The molecule has 168 valence electrons. The lowest BCUT2D eigenvalue weighted by atomic mass is 9.98. The summed E-state index contributed by atoms with van der Waals surface area (Å²) in [7, 11) is -0.480. The molecule has 2 aromatic rings. The molecule has 2 N–H and O–H groups in total. The molecule has 3 rings (SSSR count). The van der Waals surface area contributed by atoms with Gasteiger partial charge in [0.25, 0.3) is 4.92 Å². The fourth-order valence-corrected chi connectivity index (χ4v) is 4.77. The molecule has 2 aromatic carbocycles. The van der Waals surface area contributed by atoms with Crippen LogP contribution in [0.4, 0.5) is 5.69 Å².